The summed E-state index contributed by atoms with van der Waals surface area (Å²) in [5.41, 5.74) is 3.27. The summed E-state index contributed by atoms with van der Waals surface area (Å²) in [6.45, 7) is 3.13. The van der Waals surface area contributed by atoms with Gasteiger partial charge < -0.3 is 20.7 Å². The average Bonchev–Trinajstić information content (AvgIpc) is 2.67. The third-order valence-electron chi connectivity index (χ3n) is 4.08. The normalized spacial score (nSPS) is 10.2. The molecule has 0 saturated carbocycles. The number of hydrogen-bond acceptors (Lipinski definition) is 4. The first-order valence-electron chi connectivity index (χ1n) is 9.02. The number of anilines is 1. The van der Waals surface area contributed by atoms with E-state index >= 15 is 0 Å². The van der Waals surface area contributed by atoms with Crippen LogP contribution in [-0.4, -0.2) is 37.2 Å². The van der Waals surface area contributed by atoms with Crippen molar-refractivity contribution in [1.29, 1.82) is 0 Å². The molecular formula is C21H25N3O3S. The van der Waals surface area contributed by atoms with Crippen molar-refractivity contribution in [2.24, 2.45) is 0 Å². The Morgan fingerprint density at radius 1 is 1.07 bits per heavy atom. The van der Waals surface area contributed by atoms with Crippen molar-refractivity contribution in [2.75, 3.05) is 25.6 Å². The second-order valence-electron chi connectivity index (χ2n) is 6.29. The Kier molecular flexibility index (Phi) is 8.58. The molecule has 0 saturated heterocycles. The van der Waals surface area contributed by atoms with Gasteiger partial charge in [0, 0.05) is 31.5 Å². The SMILES string of the molecule is COCCCNC(=O)c1ccc(NC(=S)NC(=O)Cc2ccccc2C)cc1. The fourth-order valence-electron chi connectivity index (χ4n) is 2.54. The summed E-state index contributed by atoms with van der Waals surface area (Å²) in [5, 5.41) is 8.67. The molecule has 0 bridgehead atoms. The van der Waals surface area contributed by atoms with Gasteiger partial charge in [-0.1, -0.05) is 24.3 Å². The minimum absolute atomic E-state index is 0.142. The quantitative estimate of drug-likeness (QED) is 0.470. The van der Waals surface area contributed by atoms with Gasteiger partial charge in [-0.3, -0.25) is 9.59 Å². The van der Waals surface area contributed by atoms with Crippen LogP contribution < -0.4 is 16.0 Å². The van der Waals surface area contributed by atoms with Crippen molar-refractivity contribution in [2.45, 2.75) is 19.8 Å². The summed E-state index contributed by atoms with van der Waals surface area (Å²) in [4.78, 5) is 24.2. The van der Waals surface area contributed by atoms with Gasteiger partial charge >= 0.3 is 0 Å². The third kappa shape index (κ3) is 7.09. The Hall–Kier alpha value is -2.77. The lowest BCUT2D eigenvalue weighted by atomic mass is 10.1. The molecule has 3 N–H and O–H groups in total. The molecule has 0 aliphatic heterocycles. The number of ether oxygens (including phenoxy) is 1. The maximum absolute atomic E-state index is 12.2. The van der Waals surface area contributed by atoms with E-state index in [9.17, 15) is 9.59 Å². The number of nitrogens with one attached hydrogen (secondary N) is 3. The first-order chi connectivity index (χ1) is 13.5. The van der Waals surface area contributed by atoms with E-state index < -0.39 is 0 Å². The highest BCUT2D eigenvalue weighted by Crippen LogP contribution is 2.10. The average molecular weight is 400 g/mol. The molecule has 2 aromatic rings. The van der Waals surface area contributed by atoms with Crippen LogP contribution in [0, 0.1) is 6.92 Å². The summed E-state index contributed by atoms with van der Waals surface area (Å²) in [5.74, 6) is -0.323. The van der Waals surface area contributed by atoms with Crippen LogP contribution in [0.25, 0.3) is 0 Å². The summed E-state index contributed by atoms with van der Waals surface area (Å²) in [6.07, 6.45) is 1.02. The summed E-state index contributed by atoms with van der Waals surface area (Å²) < 4.78 is 4.95. The van der Waals surface area contributed by atoms with Gasteiger partial charge in [-0.15, -0.1) is 0 Å². The van der Waals surface area contributed by atoms with E-state index in [0.717, 1.165) is 17.5 Å². The highest BCUT2D eigenvalue weighted by Gasteiger charge is 2.09. The number of benzene rings is 2. The number of methoxy groups -OCH3 is 1. The highest BCUT2D eigenvalue weighted by molar-refractivity contribution is 7.80. The minimum atomic E-state index is -0.182. The maximum Gasteiger partial charge on any atom is 0.251 e. The van der Waals surface area contributed by atoms with Crippen LogP contribution in [0.3, 0.4) is 0 Å². The van der Waals surface area contributed by atoms with Crippen LogP contribution >= 0.6 is 12.2 Å². The molecule has 2 amide bonds. The lowest BCUT2D eigenvalue weighted by molar-refractivity contribution is -0.119. The van der Waals surface area contributed by atoms with Crippen LogP contribution in [-0.2, 0) is 16.0 Å². The van der Waals surface area contributed by atoms with Crippen molar-refractivity contribution < 1.29 is 14.3 Å². The first-order valence-corrected chi connectivity index (χ1v) is 9.43. The zero-order chi connectivity index (χ0) is 20.4. The van der Waals surface area contributed by atoms with E-state index in [4.69, 9.17) is 17.0 Å². The molecule has 28 heavy (non-hydrogen) atoms. The zero-order valence-electron chi connectivity index (χ0n) is 16.1. The molecule has 0 aliphatic carbocycles. The van der Waals surface area contributed by atoms with Crippen molar-refractivity contribution in [1.82, 2.24) is 10.6 Å². The van der Waals surface area contributed by atoms with Crippen molar-refractivity contribution >= 4 is 34.8 Å². The van der Waals surface area contributed by atoms with Crippen LogP contribution in [0.1, 0.15) is 27.9 Å². The van der Waals surface area contributed by atoms with Gasteiger partial charge in [0.1, 0.15) is 0 Å². The first kappa shape index (κ1) is 21.5. The van der Waals surface area contributed by atoms with Gasteiger partial charge in [-0.25, -0.2) is 0 Å². The fraction of sp³-hybridized carbons (Fsp3) is 0.286. The lowest BCUT2D eigenvalue weighted by Crippen LogP contribution is -2.35. The Morgan fingerprint density at radius 2 is 1.79 bits per heavy atom. The predicted octanol–water partition coefficient (Wildman–Crippen LogP) is 2.82. The second-order valence-corrected chi connectivity index (χ2v) is 6.69. The molecule has 0 spiro atoms. The monoisotopic (exact) mass is 399 g/mol. The molecule has 0 unspecified atom stereocenters. The van der Waals surface area contributed by atoms with E-state index in [2.05, 4.69) is 16.0 Å². The van der Waals surface area contributed by atoms with Gasteiger partial charge in [0.2, 0.25) is 5.91 Å². The number of carbonyl (C=O) groups is 2. The van der Waals surface area contributed by atoms with Crippen molar-refractivity contribution in [3.63, 3.8) is 0 Å². The van der Waals surface area contributed by atoms with Crippen molar-refractivity contribution in [3.8, 4) is 0 Å². The topological polar surface area (TPSA) is 79.5 Å². The summed E-state index contributed by atoms with van der Waals surface area (Å²) in [6, 6.07) is 14.6. The number of hydrogen-bond donors (Lipinski definition) is 3. The van der Waals surface area contributed by atoms with E-state index in [-0.39, 0.29) is 23.3 Å². The number of aryl methyl sites for hydroxylation is 1. The minimum Gasteiger partial charge on any atom is -0.385 e. The molecule has 7 heteroatoms. The number of amides is 2. The smallest absolute Gasteiger partial charge is 0.251 e. The Balaban J connectivity index is 1.81. The third-order valence-corrected chi connectivity index (χ3v) is 4.29. The van der Waals surface area contributed by atoms with Crippen LogP contribution in [0.15, 0.2) is 48.5 Å². The standard InChI is InChI=1S/C21H25N3O3S/c1-15-6-3-4-7-17(15)14-19(25)24-21(28)23-18-10-8-16(9-11-18)20(26)22-12-5-13-27-2/h3-4,6-11H,5,12-14H2,1-2H3,(H,22,26)(H2,23,24,25,28). The van der Waals surface area contributed by atoms with E-state index in [1.807, 2.05) is 31.2 Å². The molecular weight excluding hydrogens is 374 g/mol. The van der Waals surface area contributed by atoms with Gasteiger partial charge in [-0.2, -0.15) is 0 Å². The maximum atomic E-state index is 12.2. The molecule has 0 aromatic heterocycles. The van der Waals surface area contributed by atoms with E-state index in [1.165, 1.54) is 0 Å². The molecule has 6 nitrogen and oxygen atoms in total. The Morgan fingerprint density at radius 3 is 2.46 bits per heavy atom. The zero-order valence-corrected chi connectivity index (χ0v) is 16.9. The number of rotatable bonds is 8. The van der Waals surface area contributed by atoms with E-state index in [0.29, 0.717) is 24.4 Å². The second kappa shape index (κ2) is 11.2. The van der Waals surface area contributed by atoms with Gasteiger partial charge in [0.05, 0.1) is 6.42 Å². The molecule has 2 aromatic carbocycles. The Bertz CT molecular complexity index is 822. The predicted molar refractivity (Wildman–Crippen MR) is 115 cm³/mol. The summed E-state index contributed by atoms with van der Waals surface area (Å²) >= 11 is 5.19. The molecule has 0 heterocycles. The van der Waals surface area contributed by atoms with Gasteiger partial charge in [0.15, 0.2) is 5.11 Å². The number of carbonyl (C=O) groups excluding carboxylic acids is 2. The van der Waals surface area contributed by atoms with Gasteiger partial charge in [-0.05, 0) is 61.0 Å². The van der Waals surface area contributed by atoms with Crippen LogP contribution in [0.2, 0.25) is 0 Å². The molecule has 0 atom stereocenters. The van der Waals surface area contributed by atoms with Gasteiger partial charge in [0.25, 0.3) is 5.91 Å². The van der Waals surface area contributed by atoms with Crippen molar-refractivity contribution in [3.05, 3.63) is 65.2 Å². The largest absolute Gasteiger partial charge is 0.385 e. The Labute approximate surface area is 170 Å². The lowest BCUT2D eigenvalue weighted by Gasteiger charge is -2.11. The highest BCUT2D eigenvalue weighted by atomic mass is 32.1. The molecule has 0 aliphatic rings. The molecule has 0 fully saturated rings. The molecule has 0 radical (unpaired) electrons. The van der Waals surface area contributed by atoms with Crippen LogP contribution in [0.4, 0.5) is 5.69 Å². The van der Waals surface area contributed by atoms with Crippen LogP contribution in [0.5, 0.6) is 0 Å². The molecule has 148 valence electrons. The summed E-state index contributed by atoms with van der Waals surface area (Å²) in [7, 11) is 1.63. The van der Waals surface area contributed by atoms with E-state index in [1.54, 1.807) is 31.4 Å². The number of thiocarbonyl (C=S) groups is 1. The fourth-order valence-corrected chi connectivity index (χ4v) is 2.77. The molecule has 2 rings (SSSR count).